The van der Waals surface area contributed by atoms with Crippen LogP contribution in [-0.2, 0) is 25.5 Å². The SMILES string of the molecule is CC(C)(C)OC(=O)Cc1noc2cc(N3C=CC(=O)C3=O)sc12. The zero-order chi connectivity index (χ0) is 16.8. The molecule has 120 valence electrons. The van der Waals surface area contributed by atoms with E-state index >= 15 is 0 Å². The first-order chi connectivity index (χ1) is 10.7. The molecule has 0 bridgehead atoms. The van der Waals surface area contributed by atoms with Crippen LogP contribution in [0.4, 0.5) is 5.00 Å². The zero-order valence-electron chi connectivity index (χ0n) is 12.8. The van der Waals surface area contributed by atoms with E-state index in [1.54, 1.807) is 26.8 Å². The number of anilines is 1. The Morgan fingerprint density at radius 2 is 2.13 bits per heavy atom. The molecule has 1 aliphatic rings. The number of rotatable bonds is 3. The molecule has 2 aromatic rings. The van der Waals surface area contributed by atoms with Crippen molar-refractivity contribution in [2.75, 3.05) is 4.90 Å². The van der Waals surface area contributed by atoms with Gasteiger partial charge < -0.3 is 9.26 Å². The number of nitrogens with zero attached hydrogens (tertiary/aromatic N) is 2. The summed E-state index contributed by atoms with van der Waals surface area (Å²) in [6, 6.07) is 1.62. The van der Waals surface area contributed by atoms with Gasteiger partial charge in [-0.1, -0.05) is 5.16 Å². The molecular weight excluding hydrogens is 320 g/mol. The normalized spacial score (nSPS) is 15.0. The highest BCUT2D eigenvalue weighted by Crippen LogP contribution is 2.36. The van der Waals surface area contributed by atoms with Crippen molar-refractivity contribution in [1.29, 1.82) is 0 Å². The number of hydrogen-bond acceptors (Lipinski definition) is 7. The number of carbonyl (C=O) groups excluding carboxylic acids is 3. The van der Waals surface area contributed by atoms with Gasteiger partial charge in [0.25, 0.3) is 0 Å². The average Bonchev–Trinajstić information content (AvgIpc) is 3.06. The maximum absolute atomic E-state index is 11.9. The van der Waals surface area contributed by atoms with E-state index in [9.17, 15) is 14.4 Å². The second kappa shape index (κ2) is 5.31. The molecule has 0 spiro atoms. The van der Waals surface area contributed by atoms with Gasteiger partial charge in [-0.3, -0.25) is 19.3 Å². The van der Waals surface area contributed by atoms with Gasteiger partial charge in [-0.2, -0.15) is 0 Å². The minimum atomic E-state index is -0.615. The van der Waals surface area contributed by atoms with Crippen LogP contribution in [0.25, 0.3) is 10.3 Å². The quantitative estimate of drug-likeness (QED) is 0.631. The van der Waals surface area contributed by atoms with Crippen molar-refractivity contribution in [2.24, 2.45) is 0 Å². The van der Waals surface area contributed by atoms with Crippen LogP contribution in [0.15, 0.2) is 22.9 Å². The molecule has 0 N–H and O–H groups in total. The highest BCUT2D eigenvalue weighted by molar-refractivity contribution is 7.23. The molecule has 8 heteroatoms. The first-order valence-corrected chi connectivity index (χ1v) is 7.72. The van der Waals surface area contributed by atoms with E-state index < -0.39 is 23.3 Å². The number of amides is 1. The molecule has 23 heavy (non-hydrogen) atoms. The lowest BCUT2D eigenvalue weighted by Gasteiger charge is -2.18. The summed E-state index contributed by atoms with van der Waals surface area (Å²) in [5.41, 5.74) is 0.338. The Morgan fingerprint density at radius 3 is 2.74 bits per heavy atom. The summed E-state index contributed by atoms with van der Waals surface area (Å²) in [5.74, 6) is -1.59. The fraction of sp³-hybridized carbons (Fsp3) is 0.333. The van der Waals surface area contributed by atoms with E-state index in [0.29, 0.717) is 21.0 Å². The molecule has 0 unspecified atom stereocenters. The molecule has 0 atom stereocenters. The summed E-state index contributed by atoms with van der Waals surface area (Å²) in [5, 5.41) is 4.41. The number of ether oxygens (including phenoxy) is 1. The maximum atomic E-state index is 11.9. The number of carbonyl (C=O) groups is 3. The fourth-order valence-electron chi connectivity index (χ4n) is 2.10. The molecule has 7 nitrogen and oxygen atoms in total. The van der Waals surface area contributed by atoms with Crippen molar-refractivity contribution < 1.29 is 23.6 Å². The third-order valence-corrected chi connectivity index (χ3v) is 4.14. The molecule has 0 aliphatic carbocycles. The molecule has 0 fully saturated rings. The first kappa shape index (κ1) is 15.4. The lowest BCUT2D eigenvalue weighted by atomic mass is 10.2. The predicted molar refractivity (Wildman–Crippen MR) is 83.1 cm³/mol. The Kier molecular flexibility index (Phi) is 3.56. The topological polar surface area (TPSA) is 89.7 Å². The Balaban J connectivity index is 1.84. The number of ketones is 1. The van der Waals surface area contributed by atoms with Gasteiger partial charge in [0.05, 0.1) is 6.42 Å². The Morgan fingerprint density at radius 1 is 1.39 bits per heavy atom. The van der Waals surface area contributed by atoms with Crippen LogP contribution < -0.4 is 4.90 Å². The molecule has 0 radical (unpaired) electrons. The second-order valence-corrected chi connectivity index (χ2v) is 7.06. The number of thiophene rings is 1. The van der Waals surface area contributed by atoms with E-state index in [1.807, 2.05) is 0 Å². The number of esters is 1. The highest BCUT2D eigenvalue weighted by Gasteiger charge is 2.28. The summed E-state index contributed by atoms with van der Waals surface area (Å²) in [6.07, 6.45) is 2.60. The first-order valence-electron chi connectivity index (χ1n) is 6.90. The fourth-order valence-corrected chi connectivity index (χ4v) is 3.14. The monoisotopic (exact) mass is 334 g/mol. The summed E-state index contributed by atoms with van der Waals surface area (Å²) in [7, 11) is 0. The van der Waals surface area contributed by atoms with Crippen LogP contribution in [0.1, 0.15) is 26.5 Å². The Hall–Kier alpha value is -2.48. The second-order valence-electron chi connectivity index (χ2n) is 6.03. The molecule has 1 aliphatic heterocycles. The van der Waals surface area contributed by atoms with Crippen LogP contribution in [0.2, 0.25) is 0 Å². The highest BCUT2D eigenvalue weighted by atomic mass is 32.1. The number of aromatic nitrogens is 1. The predicted octanol–water partition coefficient (Wildman–Crippen LogP) is 2.20. The third kappa shape index (κ3) is 3.02. The van der Waals surface area contributed by atoms with Crippen LogP contribution in [0.3, 0.4) is 0 Å². The lowest BCUT2D eigenvalue weighted by Crippen LogP contribution is -2.25. The Labute approximate surface area is 135 Å². The lowest BCUT2D eigenvalue weighted by molar-refractivity contribution is -0.154. The smallest absolute Gasteiger partial charge is 0.312 e. The summed E-state index contributed by atoms with van der Waals surface area (Å²) >= 11 is 1.23. The van der Waals surface area contributed by atoms with Crippen molar-refractivity contribution in [3.8, 4) is 0 Å². The van der Waals surface area contributed by atoms with Gasteiger partial charge in [0.1, 0.15) is 21.0 Å². The maximum Gasteiger partial charge on any atom is 0.312 e. The molecule has 0 saturated heterocycles. The molecule has 0 saturated carbocycles. The summed E-state index contributed by atoms with van der Waals surface area (Å²) in [4.78, 5) is 36.2. The minimum absolute atomic E-state index is 0.0209. The molecule has 3 heterocycles. The number of hydrogen-bond donors (Lipinski definition) is 0. The van der Waals surface area contributed by atoms with Crippen LogP contribution in [-0.4, -0.2) is 28.4 Å². The van der Waals surface area contributed by atoms with Crippen molar-refractivity contribution in [2.45, 2.75) is 32.8 Å². The van der Waals surface area contributed by atoms with Crippen LogP contribution >= 0.6 is 11.3 Å². The minimum Gasteiger partial charge on any atom is -0.460 e. The summed E-state index contributed by atoms with van der Waals surface area (Å²) < 4.78 is 11.1. The van der Waals surface area contributed by atoms with E-state index in [1.165, 1.54) is 28.5 Å². The Bertz CT molecular complexity index is 840. The van der Waals surface area contributed by atoms with Crippen LogP contribution in [0, 0.1) is 0 Å². The van der Waals surface area contributed by atoms with Gasteiger partial charge in [0.15, 0.2) is 5.58 Å². The summed E-state index contributed by atoms with van der Waals surface area (Å²) in [6.45, 7) is 5.36. The zero-order valence-corrected chi connectivity index (χ0v) is 13.6. The van der Waals surface area contributed by atoms with Crippen LogP contribution in [0.5, 0.6) is 0 Å². The average molecular weight is 334 g/mol. The standard InChI is InChI=1S/C15H14N2O5S/c1-15(2,3)21-12(19)6-8-13-10(22-16-8)7-11(23-13)17-5-4-9(18)14(17)20/h4-5,7H,6H2,1-3H3. The molecule has 1 amide bonds. The molecule has 0 aromatic carbocycles. The van der Waals surface area contributed by atoms with E-state index in [4.69, 9.17) is 9.26 Å². The molecule has 3 rings (SSSR count). The van der Waals surface area contributed by atoms with Gasteiger partial charge in [0.2, 0.25) is 5.78 Å². The molecule has 2 aromatic heterocycles. The van der Waals surface area contributed by atoms with Crippen molar-refractivity contribution in [3.05, 3.63) is 24.0 Å². The third-order valence-electron chi connectivity index (χ3n) is 2.98. The van der Waals surface area contributed by atoms with Gasteiger partial charge in [-0.25, -0.2) is 0 Å². The molecular formula is C15H14N2O5S. The van der Waals surface area contributed by atoms with Gasteiger partial charge in [0, 0.05) is 18.3 Å². The van der Waals surface area contributed by atoms with Gasteiger partial charge >= 0.3 is 11.9 Å². The van der Waals surface area contributed by atoms with Crippen molar-refractivity contribution >= 4 is 44.3 Å². The van der Waals surface area contributed by atoms with Crippen molar-refractivity contribution in [3.63, 3.8) is 0 Å². The number of fused-ring (bicyclic) bond motifs is 1. The van der Waals surface area contributed by atoms with Gasteiger partial charge in [-0.05, 0) is 20.8 Å². The van der Waals surface area contributed by atoms with E-state index in [0.717, 1.165) is 0 Å². The van der Waals surface area contributed by atoms with E-state index in [2.05, 4.69) is 5.16 Å². The van der Waals surface area contributed by atoms with Crippen molar-refractivity contribution in [1.82, 2.24) is 5.16 Å². The van der Waals surface area contributed by atoms with Gasteiger partial charge in [-0.15, -0.1) is 11.3 Å². The largest absolute Gasteiger partial charge is 0.460 e. The van der Waals surface area contributed by atoms with E-state index in [-0.39, 0.29) is 6.42 Å².